The minimum Gasteiger partial charge on any atom is -0.351 e. The lowest BCUT2D eigenvalue weighted by atomic mass is 9.86. The molecule has 31 heavy (non-hydrogen) atoms. The number of nitrogens with one attached hydrogen (secondary N) is 1. The van der Waals surface area contributed by atoms with Crippen LogP contribution >= 0.6 is 0 Å². The average Bonchev–Trinajstić information content (AvgIpc) is 3.19. The van der Waals surface area contributed by atoms with E-state index in [1.54, 1.807) is 0 Å². The molecule has 0 bridgehead atoms. The molecule has 0 fully saturated rings. The molecule has 0 saturated carbocycles. The van der Waals surface area contributed by atoms with Crippen molar-refractivity contribution in [1.29, 1.82) is 0 Å². The zero-order valence-corrected chi connectivity index (χ0v) is 18.9. The zero-order chi connectivity index (χ0) is 22.2. The van der Waals surface area contributed by atoms with Crippen LogP contribution in [0.5, 0.6) is 0 Å². The van der Waals surface area contributed by atoms with Crippen molar-refractivity contribution in [2.45, 2.75) is 40.0 Å². The summed E-state index contributed by atoms with van der Waals surface area (Å²) in [6.45, 7) is 10.7. The second-order valence-electron chi connectivity index (χ2n) is 9.36. The van der Waals surface area contributed by atoms with E-state index in [0.717, 1.165) is 22.4 Å². The molecule has 0 radical (unpaired) electrons. The van der Waals surface area contributed by atoms with Gasteiger partial charge in [-0.05, 0) is 42.0 Å². The van der Waals surface area contributed by atoms with Gasteiger partial charge in [-0.3, -0.25) is 4.79 Å². The number of H-pyrrole nitrogens is 1. The maximum Gasteiger partial charge on any atom is 0.209 e. The smallest absolute Gasteiger partial charge is 0.209 e. The molecular formula is C29H29NO. The van der Waals surface area contributed by atoms with Crippen LogP contribution in [0.1, 0.15) is 53.5 Å². The average molecular weight is 408 g/mol. The number of rotatable bonds is 4. The first-order valence-electron chi connectivity index (χ1n) is 10.7. The normalized spacial score (nSPS) is 11.5. The van der Waals surface area contributed by atoms with Gasteiger partial charge in [0.05, 0.1) is 5.69 Å². The van der Waals surface area contributed by atoms with E-state index in [1.807, 2.05) is 12.1 Å². The van der Waals surface area contributed by atoms with Crippen molar-refractivity contribution in [2.24, 2.45) is 0 Å². The van der Waals surface area contributed by atoms with Gasteiger partial charge in [0, 0.05) is 16.8 Å². The third-order valence-corrected chi connectivity index (χ3v) is 5.78. The molecular weight excluding hydrogens is 378 g/mol. The Bertz CT molecular complexity index is 1200. The number of hydrogen-bond acceptors (Lipinski definition) is 1. The van der Waals surface area contributed by atoms with E-state index in [4.69, 9.17) is 0 Å². The number of hydrogen-bond donors (Lipinski definition) is 1. The first kappa shape index (κ1) is 20.9. The van der Waals surface area contributed by atoms with Crippen molar-refractivity contribution in [3.63, 3.8) is 0 Å². The van der Waals surface area contributed by atoms with Crippen LogP contribution in [-0.4, -0.2) is 10.8 Å². The van der Waals surface area contributed by atoms with E-state index in [0.29, 0.717) is 11.3 Å². The number of ketones is 1. The lowest BCUT2D eigenvalue weighted by Gasteiger charge is -2.19. The fourth-order valence-electron chi connectivity index (χ4n) is 3.75. The van der Waals surface area contributed by atoms with Gasteiger partial charge in [-0.25, -0.2) is 0 Å². The van der Waals surface area contributed by atoms with Gasteiger partial charge in [0.25, 0.3) is 0 Å². The lowest BCUT2D eigenvalue weighted by Crippen LogP contribution is -2.11. The Labute approximate surface area is 185 Å². The molecule has 0 saturated heterocycles. The van der Waals surface area contributed by atoms with Gasteiger partial charge in [0.15, 0.2) is 0 Å². The highest BCUT2D eigenvalue weighted by Gasteiger charge is 2.20. The topological polar surface area (TPSA) is 32.9 Å². The fraction of sp³-hybridized carbons (Fsp3) is 0.207. The van der Waals surface area contributed by atoms with Gasteiger partial charge in [-0.15, -0.1) is 0 Å². The number of carbonyl (C=O) groups is 1. The molecule has 1 heterocycles. The van der Waals surface area contributed by atoms with Crippen molar-refractivity contribution >= 4 is 5.78 Å². The predicted octanol–water partition coefficient (Wildman–Crippen LogP) is 7.49. The Morgan fingerprint density at radius 3 is 1.74 bits per heavy atom. The molecule has 4 aromatic rings. The minimum atomic E-state index is 0.00870. The SMILES string of the molecule is Cc1ccc(-c2cc(-c3ccc(C)cc3)c(C(=O)c3ccc(C(C)(C)C)cc3)[nH]2)cc1. The summed E-state index contributed by atoms with van der Waals surface area (Å²) in [7, 11) is 0. The predicted molar refractivity (Wildman–Crippen MR) is 130 cm³/mol. The summed E-state index contributed by atoms with van der Waals surface area (Å²) in [6, 6.07) is 26.8. The molecule has 156 valence electrons. The number of aromatic nitrogens is 1. The lowest BCUT2D eigenvalue weighted by molar-refractivity contribution is 0.103. The summed E-state index contributed by atoms with van der Waals surface area (Å²) in [5, 5.41) is 0. The number of aryl methyl sites for hydroxylation is 2. The Kier molecular flexibility index (Phi) is 5.41. The summed E-state index contributed by atoms with van der Waals surface area (Å²) in [4.78, 5) is 17.0. The maximum atomic E-state index is 13.5. The van der Waals surface area contributed by atoms with E-state index in [2.05, 4.69) is 106 Å². The van der Waals surface area contributed by atoms with E-state index in [1.165, 1.54) is 16.7 Å². The van der Waals surface area contributed by atoms with Crippen LogP contribution in [0.3, 0.4) is 0 Å². The first-order valence-corrected chi connectivity index (χ1v) is 10.7. The minimum absolute atomic E-state index is 0.00870. The molecule has 0 amide bonds. The molecule has 3 aromatic carbocycles. The van der Waals surface area contributed by atoms with E-state index in [9.17, 15) is 4.79 Å². The highest BCUT2D eigenvalue weighted by molar-refractivity contribution is 6.12. The zero-order valence-electron chi connectivity index (χ0n) is 18.9. The van der Waals surface area contributed by atoms with Gasteiger partial charge in [0.2, 0.25) is 5.78 Å². The van der Waals surface area contributed by atoms with Crippen LogP contribution in [0, 0.1) is 13.8 Å². The third-order valence-electron chi connectivity index (χ3n) is 5.78. The van der Waals surface area contributed by atoms with Gasteiger partial charge >= 0.3 is 0 Å². The summed E-state index contributed by atoms with van der Waals surface area (Å²) in [6.07, 6.45) is 0. The molecule has 2 nitrogen and oxygen atoms in total. The fourth-order valence-corrected chi connectivity index (χ4v) is 3.75. The first-order chi connectivity index (χ1) is 14.7. The highest BCUT2D eigenvalue weighted by atomic mass is 16.1. The van der Waals surface area contributed by atoms with Crippen LogP contribution in [-0.2, 0) is 5.41 Å². The number of aromatic amines is 1. The van der Waals surface area contributed by atoms with Gasteiger partial charge in [-0.1, -0.05) is 105 Å². The molecule has 0 aliphatic rings. The molecule has 1 aromatic heterocycles. The van der Waals surface area contributed by atoms with Crippen LogP contribution in [0.25, 0.3) is 22.4 Å². The second-order valence-corrected chi connectivity index (χ2v) is 9.36. The second kappa shape index (κ2) is 8.03. The summed E-state index contributed by atoms with van der Waals surface area (Å²) >= 11 is 0. The van der Waals surface area contributed by atoms with E-state index < -0.39 is 0 Å². The Balaban J connectivity index is 1.80. The standard InChI is InChI=1S/C29H29NO/c1-19-6-10-21(11-7-19)25-18-26(22-12-8-20(2)9-13-22)30-27(25)28(31)23-14-16-24(17-15-23)29(3,4)5/h6-18,30H,1-5H3. The van der Waals surface area contributed by atoms with Gasteiger partial charge in [0.1, 0.15) is 0 Å². The van der Waals surface area contributed by atoms with Crippen molar-refractivity contribution in [3.8, 4) is 22.4 Å². The van der Waals surface area contributed by atoms with Gasteiger partial charge < -0.3 is 4.98 Å². The molecule has 0 unspecified atom stereocenters. The van der Waals surface area contributed by atoms with Crippen LogP contribution in [0.15, 0.2) is 78.9 Å². The largest absolute Gasteiger partial charge is 0.351 e. The van der Waals surface area contributed by atoms with Gasteiger partial charge in [-0.2, -0.15) is 0 Å². The molecule has 0 aliphatic heterocycles. The number of benzene rings is 3. The van der Waals surface area contributed by atoms with Crippen LogP contribution in [0.2, 0.25) is 0 Å². The summed E-state index contributed by atoms with van der Waals surface area (Å²) < 4.78 is 0. The van der Waals surface area contributed by atoms with Crippen molar-refractivity contribution in [1.82, 2.24) is 4.98 Å². The Morgan fingerprint density at radius 1 is 0.710 bits per heavy atom. The highest BCUT2D eigenvalue weighted by Crippen LogP contribution is 2.32. The summed E-state index contributed by atoms with van der Waals surface area (Å²) in [5.74, 6) is 0.00870. The molecule has 0 aliphatic carbocycles. The Morgan fingerprint density at radius 2 is 1.23 bits per heavy atom. The van der Waals surface area contributed by atoms with E-state index >= 15 is 0 Å². The molecule has 2 heteroatoms. The van der Waals surface area contributed by atoms with Crippen LogP contribution < -0.4 is 0 Å². The monoisotopic (exact) mass is 407 g/mol. The molecule has 0 spiro atoms. The van der Waals surface area contributed by atoms with Crippen LogP contribution in [0.4, 0.5) is 0 Å². The third kappa shape index (κ3) is 4.39. The Hall–Kier alpha value is -3.39. The number of carbonyl (C=O) groups excluding carboxylic acids is 1. The quantitative estimate of drug-likeness (QED) is 0.349. The van der Waals surface area contributed by atoms with Crippen molar-refractivity contribution in [2.75, 3.05) is 0 Å². The van der Waals surface area contributed by atoms with Crippen molar-refractivity contribution in [3.05, 3.63) is 107 Å². The van der Waals surface area contributed by atoms with Crippen molar-refractivity contribution < 1.29 is 4.79 Å². The van der Waals surface area contributed by atoms with E-state index in [-0.39, 0.29) is 11.2 Å². The molecule has 0 atom stereocenters. The molecule has 4 rings (SSSR count). The summed E-state index contributed by atoms with van der Waals surface area (Å²) in [5.41, 5.74) is 8.99. The maximum absolute atomic E-state index is 13.5. The molecule has 1 N–H and O–H groups in total.